The van der Waals surface area contributed by atoms with Gasteiger partial charge in [-0.1, -0.05) is 6.07 Å². The van der Waals surface area contributed by atoms with E-state index < -0.39 is 0 Å². The van der Waals surface area contributed by atoms with Crippen molar-refractivity contribution in [3.63, 3.8) is 0 Å². The van der Waals surface area contributed by atoms with Crippen LogP contribution in [0.2, 0.25) is 0 Å². The zero-order valence-electron chi connectivity index (χ0n) is 15.3. The van der Waals surface area contributed by atoms with Crippen molar-refractivity contribution in [3.8, 4) is 11.5 Å². The van der Waals surface area contributed by atoms with Crippen LogP contribution in [0.4, 0.5) is 5.69 Å². The molecule has 0 aliphatic rings. The molecule has 0 aromatic heterocycles. The van der Waals surface area contributed by atoms with Crippen LogP contribution in [-0.4, -0.2) is 31.6 Å². The fourth-order valence-electron chi connectivity index (χ4n) is 2.40. The molecule has 0 fully saturated rings. The van der Waals surface area contributed by atoms with Crippen LogP contribution >= 0.6 is 0 Å². The maximum absolute atomic E-state index is 12.5. The zero-order chi connectivity index (χ0) is 18.9. The van der Waals surface area contributed by atoms with Crippen molar-refractivity contribution in [1.82, 2.24) is 5.32 Å². The van der Waals surface area contributed by atoms with Gasteiger partial charge < -0.3 is 20.1 Å². The highest BCUT2D eigenvalue weighted by Gasteiger charge is 2.13. The predicted molar refractivity (Wildman–Crippen MR) is 101 cm³/mol. The first-order valence-electron chi connectivity index (χ1n) is 8.68. The van der Waals surface area contributed by atoms with Crippen LogP contribution in [0.5, 0.6) is 11.5 Å². The summed E-state index contributed by atoms with van der Waals surface area (Å²) in [5.74, 6) is 0.660. The fourth-order valence-corrected chi connectivity index (χ4v) is 2.40. The highest BCUT2D eigenvalue weighted by atomic mass is 16.5. The topological polar surface area (TPSA) is 76.7 Å². The first-order chi connectivity index (χ1) is 12.6. The molecular weight excluding hydrogens is 332 g/mol. The van der Waals surface area contributed by atoms with Crippen molar-refractivity contribution >= 4 is 17.5 Å². The minimum atomic E-state index is -0.290. The van der Waals surface area contributed by atoms with Crippen LogP contribution in [0.1, 0.15) is 41.5 Å². The number of rotatable bonds is 8. The lowest BCUT2D eigenvalue weighted by Crippen LogP contribution is -2.22. The standard InChI is InChI=1S/C20H24N2O4/c1-4-21-19(23)14-8-7-9-16(12-14)22-20(24)15-10-11-17(25-5-2)18(13-15)26-6-3/h7-13H,4-6H2,1-3H3,(H,21,23)(H,22,24). The summed E-state index contributed by atoms with van der Waals surface area (Å²) in [6, 6.07) is 11.8. The van der Waals surface area contributed by atoms with Gasteiger partial charge in [0.2, 0.25) is 0 Å². The molecule has 2 aromatic rings. The second-order valence-electron chi connectivity index (χ2n) is 5.42. The molecule has 0 unspecified atom stereocenters. The predicted octanol–water partition coefficient (Wildman–Crippen LogP) is 3.49. The largest absolute Gasteiger partial charge is 0.490 e. The molecule has 2 rings (SSSR count). The van der Waals surface area contributed by atoms with E-state index in [-0.39, 0.29) is 11.8 Å². The summed E-state index contributed by atoms with van der Waals surface area (Å²) < 4.78 is 11.1. The quantitative estimate of drug-likeness (QED) is 0.759. The van der Waals surface area contributed by atoms with Crippen molar-refractivity contribution in [2.75, 3.05) is 25.1 Å². The van der Waals surface area contributed by atoms with Crippen LogP contribution in [-0.2, 0) is 0 Å². The van der Waals surface area contributed by atoms with Crippen molar-refractivity contribution in [2.45, 2.75) is 20.8 Å². The number of benzene rings is 2. The maximum Gasteiger partial charge on any atom is 0.255 e. The third kappa shape index (κ3) is 4.99. The van der Waals surface area contributed by atoms with Crippen molar-refractivity contribution in [2.24, 2.45) is 0 Å². The molecule has 0 spiro atoms. The van der Waals surface area contributed by atoms with Crippen LogP contribution in [0, 0.1) is 0 Å². The van der Waals surface area contributed by atoms with Gasteiger partial charge in [-0.3, -0.25) is 9.59 Å². The average molecular weight is 356 g/mol. The van der Waals surface area contributed by atoms with E-state index >= 15 is 0 Å². The fraction of sp³-hybridized carbons (Fsp3) is 0.300. The molecule has 0 aliphatic heterocycles. The van der Waals surface area contributed by atoms with E-state index in [1.165, 1.54) is 0 Å². The van der Waals surface area contributed by atoms with E-state index in [9.17, 15) is 9.59 Å². The number of carbonyl (C=O) groups is 2. The van der Waals surface area contributed by atoms with E-state index in [0.29, 0.717) is 48.1 Å². The van der Waals surface area contributed by atoms with Crippen LogP contribution in [0.3, 0.4) is 0 Å². The normalized spacial score (nSPS) is 10.1. The van der Waals surface area contributed by atoms with E-state index in [1.54, 1.807) is 42.5 Å². The SMILES string of the molecule is CCNC(=O)c1cccc(NC(=O)c2ccc(OCC)c(OCC)c2)c1. The minimum absolute atomic E-state index is 0.178. The summed E-state index contributed by atoms with van der Waals surface area (Å²) in [6.45, 7) is 7.14. The lowest BCUT2D eigenvalue weighted by Gasteiger charge is -2.13. The number of hydrogen-bond donors (Lipinski definition) is 2. The molecule has 6 heteroatoms. The number of carbonyl (C=O) groups excluding carboxylic acids is 2. The van der Waals surface area contributed by atoms with Crippen LogP contribution < -0.4 is 20.1 Å². The Labute approximate surface area is 153 Å². The number of nitrogens with one attached hydrogen (secondary N) is 2. The molecule has 138 valence electrons. The molecule has 0 saturated heterocycles. The number of hydrogen-bond acceptors (Lipinski definition) is 4. The average Bonchev–Trinajstić information content (AvgIpc) is 2.64. The number of amides is 2. The van der Waals surface area contributed by atoms with Gasteiger partial charge in [0.05, 0.1) is 13.2 Å². The Morgan fingerprint density at radius 3 is 2.23 bits per heavy atom. The first-order valence-corrected chi connectivity index (χ1v) is 8.68. The summed E-state index contributed by atoms with van der Waals surface area (Å²) in [5, 5.41) is 5.53. The van der Waals surface area contributed by atoms with E-state index in [4.69, 9.17) is 9.47 Å². The molecule has 0 heterocycles. The van der Waals surface area contributed by atoms with Gasteiger partial charge in [0.15, 0.2) is 11.5 Å². The lowest BCUT2D eigenvalue weighted by atomic mass is 10.1. The second kappa shape index (κ2) is 9.46. The zero-order valence-corrected chi connectivity index (χ0v) is 15.3. The minimum Gasteiger partial charge on any atom is -0.490 e. The van der Waals surface area contributed by atoms with E-state index in [2.05, 4.69) is 10.6 Å². The lowest BCUT2D eigenvalue weighted by molar-refractivity contribution is 0.0954. The third-order valence-corrected chi connectivity index (χ3v) is 3.53. The first kappa shape index (κ1) is 19.3. The molecule has 6 nitrogen and oxygen atoms in total. The molecule has 0 bridgehead atoms. The monoisotopic (exact) mass is 356 g/mol. The highest BCUT2D eigenvalue weighted by Crippen LogP contribution is 2.29. The molecule has 26 heavy (non-hydrogen) atoms. The Kier molecular flexibility index (Phi) is 7.02. The Morgan fingerprint density at radius 2 is 1.54 bits per heavy atom. The molecule has 0 aliphatic carbocycles. The maximum atomic E-state index is 12.5. The summed E-state index contributed by atoms with van der Waals surface area (Å²) in [7, 11) is 0. The Balaban J connectivity index is 2.18. The molecule has 2 aromatic carbocycles. The van der Waals surface area contributed by atoms with Crippen molar-refractivity contribution in [3.05, 3.63) is 53.6 Å². The van der Waals surface area contributed by atoms with Gasteiger partial charge in [-0.15, -0.1) is 0 Å². The van der Waals surface area contributed by atoms with Gasteiger partial charge in [0.1, 0.15) is 0 Å². The molecular formula is C20H24N2O4. The van der Waals surface area contributed by atoms with Crippen molar-refractivity contribution in [1.29, 1.82) is 0 Å². The van der Waals surface area contributed by atoms with Gasteiger partial charge in [-0.05, 0) is 57.2 Å². The molecule has 0 atom stereocenters. The second-order valence-corrected chi connectivity index (χ2v) is 5.42. The smallest absolute Gasteiger partial charge is 0.255 e. The van der Waals surface area contributed by atoms with Crippen molar-refractivity contribution < 1.29 is 19.1 Å². The highest BCUT2D eigenvalue weighted by molar-refractivity contribution is 6.05. The van der Waals surface area contributed by atoms with Crippen LogP contribution in [0.25, 0.3) is 0 Å². The van der Waals surface area contributed by atoms with Crippen LogP contribution in [0.15, 0.2) is 42.5 Å². The molecule has 2 N–H and O–H groups in total. The van der Waals surface area contributed by atoms with Gasteiger partial charge in [-0.25, -0.2) is 0 Å². The van der Waals surface area contributed by atoms with E-state index in [0.717, 1.165) is 0 Å². The Hall–Kier alpha value is -3.02. The molecule has 0 saturated carbocycles. The van der Waals surface area contributed by atoms with Gasteiger partial charge in [0.25, 0.3) is 11.8 Å². The summed E-state index contributed by atoms with van der Waals surface area (Å²) in [6.07, 6.45) is 0. The summed E-state index contributed by atoms with van der Waals surface area (Å²) in [4.78, 5) is 24.5. The molecule has 0 radical (unpaired) electrons. The Bertz CT molecular complexity index is 774. The number of anilines is 1. The van der Waals surface area contributed by atoms with Gasteiger partial charge in [0, 0.05) is 23.4 Å². The summed E-state index contributed by atoms with van der Waals surface area (Å²) >= 11 is 0. The molecule has 2 amide bonds. The van der Waals surface area contributed by atoms with E-state index in [1.807, 2.05) is 20.8 Å². The summed E-state index contributed by atoms with van der Waals surface area (Å²) in [5.41, 5.74) is 1.48. The van der Waals surface area contributed by atoms with Gasteiger partial charge >= 0.3 is 0 Å². The third-order valence-electron chi connectivity index (χ3n) is 3.53. The number of ether oxygens (including phenoxy) is 2. The Morgan fingerprint density at radius 1 is 0.846 bits per heavy atom. The van der Waals surface area contributed by atoms with Gasteiger partial charge in [-0.2, -0.15) is 0 Å².